The number of ether oxygens (including phenoxy) is 1. The Balaban J connectivity index is 2.31. The molecule has 1 N–H and O–H groups in total. The van der Waals surface area contributed by atoms with Crippen LogP contribution in [0.15, 0.2) is 0 Å². The van der Waals surface area contributed by atoms with Gasteiger partial charge in [0.15, 0.2) is 0 Å². The minimum absolute atomic E-state index is 0.0478. The first kappa shape index (κ1) is 14.3. The predicted octanol–water partition coefficient (Wildman–Crippen LogP) is 2.84. The van der Waals surface area contributed by atoms with Gasteiger partial charge in [0.05, 0.1) is 0 Å². The number of halogens is 1. The average Bonchev–Trinajstić information content (AvgIpc) is 2.15. The van der Waals surface area contributed by atoms with Gasteiger partial charge in [0, 0.05) is 12.0 Å². The highest BCUT2D eigenvalue weighted by atomic mass is 35.5. The Bertz CT molecular complexity index is 291. The van der Waals surface area contributed by atoms with Crippen molar-refractivity contribution in [3.8, 4) is 0 Å². The molecule has 0 heterocycles. The van der Waals surface area contributed by atoms with E-state index in [1.165, 1.54) is 0 Å². The Labute approximate surface area is 107 Å². The molecular formula is C12H20ClNO3. The highest BCUT2D eigenvalue weighted by Crippen LogP contribution is 2.26. The molecular weight excluding hydrogens is 242 g/mol. The maximum absolute atomic E-state index is 11.5. The summed E-state index contributed by atoms with van der Waals surface area (Å²) in [5.41, 5.74) is -0.479. The molecule has 0 aliphatic heterocycles. The molecule has 1 saturated carbocycles. The normalized spacial score (nSPS) is 25.2. The van der Waals surface area contributed by atoms with Gasteiger partial charge in [-0.1, -0.05) is 0 Å². The fraction of sp³-hybridized carbons (Fsp3) is 0.833. The first-order valence-electron chi connectivity index (χ1n) is 5.97. The van der Waals surface area contributed by atoms with E-state index in [4.69, 9.17) is 16.3 Å². The van der Waals surface area contributed by atoms with Gasteiger partial charge in [-0.05, 0) is 58.1 Å². The highest BCUT2D eigenvalue weighted by molar-refractivity contribution is 6.63. The van der Waals surface area contributed by atoms with E-state index in [1.807, 2.05) is 20.8 Å². The second-order valence-electron chi connectivity index (χ2n) is 5.50. The topological polar surface area (TPSA) is 55.4 Å². The molecule has 98 valence electrons. The number of hydrogen-bond acceptors (Lipinski definition) is 3. The van der Waals surface area contributed by atoms with Gasteiger partial charge in [0.2, 0.25) is 5.24 Å². The van der Waals surface area contributed by atoms with Crippen molar-refractivity contribution in [3.05, 3.63) is 0 Å². The van der Waals surface area contributed by atoms with Crippen LogP contribution in [0.4, 0.5) is 4.79 Å². The summed E-state index contributed by atoms with van der Waals surface area (Å²) in [7, 11) is 0. The van der Waals surface area contributed by atoms with Crippen LogP contribution in [0.1, 0.15) is 46.5 Å². The zero-order valence-electron chi connectivity index (χ0n) is 10.6. The molecule has 0 aromatic rings. The number of nitrogens with one attached hydrogen (secondary N) is 1. The zero-order valence-corrected chi connectivity index (χ0v) is 11.3. The van der Waals surface area contributed by atoms with Crippen LogP contribution >= 0.6 is 11.6 Å². The summed E-state index contributed by atoms with van der Waals surface area (Å²) < 4.78 is 5.17. The molecule has 0 bridgehead atoms. The third-order valence-corrected chi connectivity index (χ3v) is 3.08. The summed E-state index contributed by atoms with van der Waals surface area (Å²) in [6, 6.07) is 0.0946. The molecule has 1 fully saturated rings. The van der Waals surface area contributed by atoms with Gasteiger partial charge in [-0.3, -0.25) is 4.79 Å². The van der Waals surface area contributed by atoms with Crippen molar-refractivity contribution >= 4 is 22.9 Å². The van der Waals surface area contributed by atoms with Crippen LogP contribution in [0.25, 0.3) is 0 Å². The van der Waals surface area contributed by atoms with Gasteiger partial charge < -0.3 is 10.1 Å². The minimum Gasteiger partial charge on any atom is -0.444 e. The van der Waals surface area contributed by atoms with Gasteiger partial charge >= 0.3 is 6.09 Å². The van der Waals surface area contributed by atoms with Crippen LogP contribution in [-0.2, 0) is 9.53 Å². The Hall–Kier alpha value is -0.770. The fourth-order valence-electron chi connectivity index (χ4n) is 1.94. The monoisotopic (exact) mass is 261 g/mol. The molecule has 0 aromatic heterocycles. The molecule has 0 radical (unpaired) electrons. The Morgan fingerprint density at radius 3 is 2.12 bits per heavy atom. The lowest BCUT2D eigenvalue weighted by molar-refractivity contribution is -0.116. The van der Waals surface area contributed by atoms with Crippen molar-refractivity contribution in [2.75, 3.05) is 0 Å². The second-order valence-corrected chi connectivity index (χ2v) is 5.87. The molecule has 4 nitrogen and oxygen atoms in total. The van der Waals surface area contributed by atoms with Gasteiger partial charge in [-0.15, -0.1) is 0 Å². The first-order chi connectivity index (χ1) is 7.78. The van der Waals surface area contributed by atoms with E-state index in [-0.39, 0.29) is 17.2 Å². The number of amides is 1. The van der Waals surface area contributed by atoms with E-state index in [2.05, 4.69) is 5.32 Å². The van der Waals surface area contributed by atoms with Crippen molar-refractivity contribution < 1.29 is 14.3 Å². The molecule has 0 aromatic carbocycles. The Morgan fingerprint density at radius 1 is 1.18 bits per heavy atom. The highest BCUT2D eigenvalue weighted by Gasteiger charge is 2.27. The molecule has 0 saturated heterocycles. The largest absolute Gasteiger partial charge is 0.444 e. The number of carbonyl (C=O) groups excluding carboxylic acids is 2. The summed E-state index contributed by atoms with van der Waals surface area (Å²) in [4.78, 5) is 22.5. The summed E-state index contributed by atoms with van der Waals surface area (Å²) in [5.74, 6) is -0.0478. The zero-order chi connectivity index (χ0) is 13.1. The van der Waals surface area contributed by atoms with Crippen LogP contribution < -0.4 is 5.32 Å². The maximum atomic E-state index is 11.5. The van der Waals surface area contributed by atoms with Gasteiger partial charge in [-0.25, -0.2) is 4.79 Å². The molecule has 17 heavy (non-hydrogen) atoms. The summed E-state index contributed by atoms with van der Waals surface area (Å²) in [6.07, 6.45) is 2.65. The second kappa shape index (κ2) is 5.71. The third kappa shape index (κ3) is 5.39. The van der Waals surface area contributed by atoms with Crippen LogP contribution in [-0.4, -0.2) is 23.0 Å². The smallest absolute Gasteiger partial charge is 0.407 e. The van der Waals surface area contributed by atoms with Crippen molar-refractivity contribution in [1.29, 1.82) is 0 Å². The lowest BCUT2D eigenvalue weighted by Crippen LogP contribution is -2.41. The quantitative estimate of drug-likeness (QED) is 0.778. The van der Waals surface area contributed by atoms with E-state index in [1.54, 1.807) is 0 Å². The first-order valence-corrected chi connectivity index (χ1v) is 6.34. The molecule has 0 atom stereocenters. The van der Waals surface area contributed by atoms with Crippen LogP contribution in [0.2, 0.25) is 0 Å². The summed E-state index contributed by atoms with van der Waals surface area (Å²) in [6.45, 7) is 5.49. The van der Waals surface area contributed by atoms with Crippen molar-refractivity contribution in [3.63, 3.8) is 0 Å². The predicted molar refractivity (Wildman–Crippen MR) is 66.0 cm³/mol. The minimum atomic E-state index is -0.479. The van der Waals surface area contributed by atoms with Gasteiger partial charge in [-0.2, -0.15) is 0 Å². The van der Waals surface area contributed by atoms with Crippen LogP contribution in [0.5, 0.6) is 0 Å². The fourth-order valence-corrected chi connectivity index (χ4v) is 2.16. The molecule has 1 rings (SSSR count). The lowest BCUT2D eigenvalue weighted by Gasteiger charge is -2.28. The van der Waals surface area contributed by atoms with E-state index < -0.39 is 11.7 Å². The summed E-state index contributed by atoms with van der Waals surface area (Å²) >= 11 is 5.45. The van der Waals surface area contributed by atoms with Crippen LogP contribution in [0, 0.1) is 5.92 Å². The SMILES string of the molecule is CC(C)(C)OC(=O)NC1CCC(C(=O)Cl)CC1. The van der Waals surface area contributed by atoms with E-state index >= 15 is 0 Å². The van der Waals surface area contributed by atoms with Crippen LogP contribution in [0.3, 0.4) is 0 Å². The number of rotatable bonds is 2. The van der Waals surface area contributed by atoms with Crippen molar-refractivity contribution in [2.45, 2.75) is 58.1 Å². The molecule has 0 unspecified atom stereocenters. The Kier molecular flexibility index (Phi) is 4.80. The molecule has 5 heteroatoms. The standard InChI is InChI=1S/C12H20ClNO3/c1-12(2,3)17-11(16)14-9-6-4-8(5-7-9)10(13)15/h8-9H,4-7H2,1-3H3,(H,14,16). The third-order valence-electron chi connectivity index (χ3n) is 2.77. The number of carbonyl (C=O) groups is 2. The average molecular weight is 262 g/mol. The van der Waals surface area contributed by atoms with Crippen molar-refractivity contribution in [2.24, 2.45) is 5.92 Å². The Morgan fingerprint density at radius 2 is 1.71 bits per heavy atom. The van der Waals surface area contributed by atoms with Gasteiger partial charge in [0.1, 0.15) is 5.60 Å². The van der Waals surface area contributed by atoms with E-state index in [0.29, 0.717) is 0 Å². The van der Waals surface area contributed by atoms with E-state index in [9.17, 15) is 9.59 Å². The molecule has 0 spiro atoms. The number of hydrogen-bond donors (Lipinski definition) is 1. The molecule has 1 aliphatic rings. The van der Waals surface area contributed by atoms with Crippen molar-refractivity contribution in [1.82, 2.24) is 5.32 Å². The number of alkyl carbamates (subject to hydrolysis) is 1. The molecule has 1 amide bonds. The van der Waals surface area contributed by atoms with E-state index in [0.717, 1.165) is 25.7 Å². The lowest BCUT2D eigenvalue weighted by atomic mass is 9.87. The summed E-state index contributed by atoms with van der Waals surface area (Å²) in [5, 5.41) is 2.56. The maximum Gasteiger partial charge on any atom is 0.407 e. The van der Waals surface area contributed by atoms with Gasteiger partial charge in [0.25, 0.3) is 0 Å². The molecule has 1 aliphatic carbocycles.